The normalized spacial score (nSPS) is 20.9. The average Bonchev–Trinajstić information content (AvgIpc) is 2.98. The van der Waals surface area contributed by atoms with E-state index >= 15 is 0 Å². The molecule has 2 aliphatic heterocycles. The molecule has 0 radical (unpaired) electrons. The number of amides is 1. The molecule has 3 rings (SSSR count). The number of rotatable bonds is 5. The summed E-state index contributed by atoms with van der Waals surface area (Å²) in [6, 6.07) is 2.08. The van der Waals surface area contributed by atoms with Crippen molar-refractivity contribution in [2.45, 2.75) is 53.5 Å². The van der Waals surface area contributed by atoms with Crippen LogP contribution in [0, 0.1) is 24.2 Å². The highest BCUT2D eigenvalue weighted by Crippen LogP contribution is 2.36. The van der Waals surface area contributed by atoms with Crippen molar-refractivity contribution < 1.29 is 4.79 Å². The summed E-state index contributed by atoms with van der Waals surface area (Å²) in [5.41, 5.74) is 1.28. The molecular weight excluding hydrogens is 416 g/mol. The maximum atomic E-state index is 13.0. The lowest BCUT2D eigenvalue weighted by molar-refractivity contribution is -0.122. The third-order valence-corrected chi connectivity index (χ3v) is 7.09. The van der Waals surface area contributed by atoms with Gasteiger partial charge in [-0.25, -0.2) is 0 Å². The van der Waals surface area contributed by atoms with E-state index in [0.29, 0.717) is 33.8 Å². The number of thiocarbonyl (C=S) groups is 1. The van der Waals surface area contributed by atoms with Gasteiger partial charge >= 0.3 is 0 Å². The predicted molar refractivity (Wildman–Crippen MR) is 127 cm³/mol. The number of nitriles is 1. The Hall–Kier alpha value is -2.11. The summed E-state index contributed by atoms with van der Waals surface area (Å²) in [6.45, 7) is 10.7. The average molecular weight is 445 g/mol. The number of carbonyl (C=O) groups is 1. The molecule has 0 spiro atoms. The van der Waals surface area contributed by atoms with E-state index < -0.39 is 0 Å². The highest BCUT2D eigenvalue weighted by Gasteiger charge is 2.33. The second-order valence-corrected chi connectivity index (χ2v) is 9.60. The molecule has 1 amide bonds. The third-order valence-electron chi connectivity index (χ3n) is 5.72. The van der Waals surface area contributed by atoms with Crippen LogP contribution in [0.15, 0.2) is 9.70 Å². The second-order valence-electron chi connectivity index (χ2n) is 7.93. The summed E-state index contributed by atoms with van der Waals surface area (Å²) in [7, 11) is 0. The fraction of sp³-hybridized carbons (Fsp3) is 0.545. The molecule has 3 heterocycles. The Balaban J connectivity index is 2.22. The Morgan fingerprint density at radius 3 is 2.67 bits per heavy atom. The van der Waals surface area contributed by atoms with Gasteiger partial charge in [0.15, 0.2) is 0 Å². The molecule has 1 atom stereocenters. The number of hydrogen-bond acceptors (Lipinski definition) is 6. The Labute approximate surface area is 187 Å². The number of anilines is 1. The molecule has 2 aliphatic rings. The first-order chi connectivity index (χ1) is 14.3. The smallest absolute Gasteiger partial charge is 0.270 e. The van der Waals surface area contributed by atoms with Crippen LogP contribution in [0.25, 0.3) is 6.08 Å². The van der Waals surface area contributed by atoms with Gasteiger partial charge in [0, 0.05) is 31.7 Å². The van der Waals surface area contributed by atoms with Gasteiger partial charge in [0.05, 0.1) is 4.91 Å². The molecule has 0 N–H and O–H groups in total. The van der Waals surface area contributed by atoms with Crippen LogP contribution in [0.5, 0.6) is 0 Å². The van der Waals surface area contributed by atoms with Crippen molar-refractivity contribution in [3.63, 3.8) is 0 Å². The van der Waals surface area contributed by atoms with Gasteiger partial charge in [0.2, 0.25) is 0 Å². The molecule has 30 heavy (non-hydrogen) atoms. The summed E-state index contributed by atoms with van der Waals surface area (Å²) in [6.07, 6.45) is 4.88. The number of thioether (sulfide) groups is 1. The van der Waals surface area contributed by atoms with Crippen molar-refractivity contribution in [2.75, 3.05) is 24.5 Å². The maximum Gasteiger partial charge on any atom is 0.270 e. The van der Waals surface area contributed by atoms with Crippen LogP contribution in [-0.2, 0) is 11.3 Å². The number of hydrogen-bond donors (Lipinski definition) is 0. The minimum Gasteiger partial charge on any atom is -0.357 e. The van der Waals surface area contributed by atoms with E-state index in [2.05, 4.69) is 17.9 Å². The van der Waals surface area contributed by atoms with E-state index in [1.165, 1.54) is 11.8 Å². The van der Waals surface area contributed by atoms with Gasteiger partial charge in [-0.2, -0.15) is 5.26 Å². The van der Waals surface area contributed by atoms with Crippen molar-refractivity contribution >= 4 is 46.1 Å². The molecule has 2 fully saturated rings. The van der Waals surface area contributed by atoms with Crippen molar-refractivity contribution in [3.8, 4) is 6.07 Å². The Kier molecular flexibility index (Phi) is 7.04. The van der Waals surface area contributed by atoms with Gasteiger partial charge in [-0.1, -0.05) is 37.8 Å². The molecule has 0 aliphatic carbocycles. The quantitative estimate of drug-likeness (QED) is 0.507. The predicted octanol–water partition coefficient (Wildman–Crippen LogP) is 3.90. The van der Waals surface area contributed by atoms with E-state index in [4.69, 9.17) is 12.2 Å². The molecule has 6 nitrogen and oxygen atoms in total. The van der Waals surface area contributed by atoms with E-state index in [1.807, 2.05) is 19.9 Å². The number of carbonyl (C=O) groups excluding carboxylic acids is 1. The van der Waals surface area contributed by atoms with Crippen LogP contribution in [-0.4, -0.2) is 39.3 Å². The van der Waals surface area contributed by atoms with Crippen molar-refractivity contribution in [1.29, 1.82) is 5.26 Å². The summed E-state index contributed by atoms with van der Waals surface area (Å²) < 4.78 is 2.24. The van der Waals surface area contributed by atoms with Crippen molar-refractivity contribution in [3.05, 3.63) is 31.9 Å². The molecule has 8 heteroatoms. The van der Waals surface area contributed by atoms with Crippen LogP contribution < -0.4 is 10.5 Å². The minimum atomic E-state index is -0.263. The van der Waals surface area contributed by atoms with Gasteiger partial charge < -0.3 is 4.90 Å². The topological polar surface area (TPSA) is 69.3 Å². The summed E-state index contributed by atoms with van der Waals surface area (Å²) in [5, 5.41) is 9.66. The zero-order valence-electron chi connectivity index (χ0n) is 18.0. The van der Waals surface area contributed by atoms with E-state index in [-0.39, 0.29) is 17.0 Å². The molecular formula is C22H28N4O2S2. The number of aromatic nitrogens is 1. The molecule has 1 unspecified atom stereocenters. The van der Waals surface area contributed by atoms with Gasteiger partial charge in [-0.05, 0) is 50.7 Å². The Morgan fingerprint density at radius 2 is 2.07 bits per heavy atom. The molecule has 1 aromatic heterocycles. The minimum absolute atomic E-state index is 0.100. The van der Waals surface area contributed by atoms with E-state index in [1.54, 1.807) is 16.4 Å². The molecule has 160 valence electrons. The summed E-state index contributed by atoms with van der Waals surface area (Å²) in [5.74, 6) is 1.23. The Bertz CT molecular complexity index is 1010. The first kappa shape index (κ1) is 22.6. The standard InChI is InChI=1S/C22H28N4O2S2/c1-5-9-26-21(28)18(30-22(26)29)11-16-15(4)17(12-23)20(27)25(6-2)19(16)24-10-7-8-14(3)13-24/h11,14H,5-10,13H2,1-4H3/b18-11-. The number of pyridine rings is 1. The number of nitrogens with zero attached hydrogens (tertiary/aromatic N) is 4. The first-order valence-electron chi connectivity index (χ1n) is 10.5. The van der Waals surface area contributed by atoms with Crippen LogP contribution in [0.1, 0.15) is 56.7 Å². The van der Waals surface area contributed by atoms with Gasteiger partial charge in [0.1, 0.15) is 21.8 Å². The van der Waals surface area contributed by atoms with E-state index in [0.717, 1.165) is 43.7 Å². The van der Waals surface area contributed by atoms with Crippen LogP contribution >= 0.6 is 24.0 Å². The summed E-state index contributed by atoms with van der Waals surface area (Å²) >= 11 is 6.70. The van der Waals surface area contributed by atoms with Crippen LogP contribution in [0.4, 0.5) is 5.82 Å². The first-order valence-corrected chi connectivity index (χ1v) is 11.7. The van der Waals surface area contributed by atoms with Crippen molar-refractivity contribution in [2.24, 2.45) is 5.92 Å². The van der Waals surface area contributed by atoms with Gasteiger partial charge in [-0.3, -0.25) is 19.1 Å². The zero-order valence-corrected chi connectivity index (χ0v) is 19.7. The monoisotopic (exact) mass is 444 g/mol. The Morgan fingerprint density at radius 1 is 1.33 bits per heavy atom. The fourth-order valence-corrected chi connectivity index (χ4v) is 5.50. The van der Waals surface area contributed by atoms with Crippen molar-refractivity contribution in [1.82, 2.24) is 9.47 Å². The molecule has 0 saturated carbocycles. The van der Waals surface area contributed by atoms with Crippen LogP contribution in [0.3, 0.4) is 0 Å². The second kappa shape index (κ2) is 9.36. The summed E-state index contributed by atoms with van der Waals surface area (Å²) in [4.78, 5) is 30.4. The molecule has 2 saturated heterocycles. The highest BCUT2D eigenvalue weighted by molar-refractivity contribution is 8.26. The SMILES string of the molecule is CCCN1C(=O)/C(=C/c2c(C)c(C#N)c(=O)n(CC)c2N2CCCC(C)C2)SC1=S. The van der Waals surface area contributed by atoms with Gasteiger partial charge in [0.25, 0.3) is 11.5 Å². The maximum absolute atomic E-state index is 13.0. The van der Waals surface area contributed by atoms with Crippen LogP contribution in [0.2, 0.25) is 0 Å². The lowest BCUT2D eigenvalue weighted by Gasteiger charge is -2.35. The third kappa shape index (κ3) is 4.06. The lowest BCUT2D eigenvalue weighted by atomic mass is 9.98. The number of piperidine rings is 1. The molecule has 0 aromatic carbocycles. The highest BCUT2D eigenvalue weighted by atomic mass is 32.2. The molecule has 1 aromatic rings. The fourth-order valence-electron chi connectivity index (χ4n) is 4.21. The lowest BCUT2D eigenvalue weighted by Crippen LogP contribution is -2.40. The zero-order chi connectivity index (χ0) is 22.0. The van der Waals surface area contributed by atoms with Gasteiger partial charge in [-0.15, -0.1) is 0 Å². The molecule has 0 bridgehead atoms. The largest absolute Gasteiger partial charge is 0.357 e. The van der Waals surface area contributed by atoms with E-state index in [9.17, 15) is 14.9 Å².